The molecule has 0 bridgehead atoms. The third kappa shape index (κ3) is 3.63. The van der Waals surface area contributed by atoms with E-state index in [1.54, 1.807) is 0 Å². The Balaban J connectivity index is 1.47. The zero-order valence-electron chi connectivity index (χ0n) is 23.4. The van der Waals surface area contributed by atoms with Gasteiger partial charge in [0.05, 0.1) is 22.4 Å². The fraction of sp³-hybridized carbons (Fsp3) is 0.158. The average Bonchev–Trinajstić information content (AvgIpc) is 3.00. The Kier molecular flexibility index (Phi) is 5.50. The van der Waals surface area contributed by atoms with Crippen molar-refractivity contribution >= 4 is 11.0 Å². The van der Waals surface area contributed by atoms with Gasteiger partial charge in [0, 0.05) is 16.7 Å². The highest BCUT2D eigenvalue weighted by Crippen LogP contribution is 2.54. The molecule has 0 aliphatic heterocycles. The number of para-hydroxylation sites is 1. The van der Waals surface area contributed by atoms with Crippen LogP contribution in [0.15, 0.2) is 121 Å². The van der Waals surface area contributed by atoms with Crippen molar-refractivity contribution in [3.05, 3.63) is 132 Å². The van der Waals surface area contributed by atoms with Crippen LogP contribution in [0.25, 0.3) is 55.8 Å². The molecule has 1 heterocycles. The summed E-state index contributed by atoms with van der Waals surface area (Å²) in [7, 11) is 0. The van der Waals surface area contributed by atoms with Crippen LogP contribution in [-0.4, -0.2) is 9.97 Å². The largest absolute Gasteiger partial charge is 0.244 e. The minimum Gasteiger partial charge on any atom is -0.244 e. The number of benzene rings is 5. The van der Waals surface area contributed by atoms with Gasteiger partial charge >= 0.3 is 0 Å². The van der Waals surface area contributed by atoms with Crippen LogP contribution >= 0.6 is 0 Å². The molecule has 40 heavy (non-hydrogen) atoms. The molecule has 0 amide bonds. The topological polar surface area (TPSA) is 25.8 Å². The molecule has 0 saturated carbocycles. The summed E-state index contributed by atoms with van der Waals surface area (Å²) in [4.78, 5) is 10.6. The molecule has 194 valence electrons. The van der Waals surface area contributed by atoms with Crippen LogP contribution in [0.4, 0.5) is 0 Å². The summed E-state index contributed by atoms with van der Waals surface area (Å²) in [6, 6.07) is 43.0. The molecule has 1 aliphatic carbocycles. The van der Waals surface area contributed by atoms with E-state index in [9.17, 15) is 0 Å². The standard InChI is InChI=1S/C38H32N2/c1-37(2)31-20-12-11-18-29(31)30-24-27(22-23-32(30)38(37,3)4)28-19-13-21-33-36(28)40-35(26-16-9-6-10-17-26)34(39-33)25-14-7-5-8-15-25/h5-24H,1-4H3. The van der Waals surface area contributed by atoms with Gasteiger partial charge in [-0.15, -0.1) is 0 Å². The molecule has 0 radical (unpaired) electrons. The summed E-state index contributed by atoms with van der Waals surface area (Å²) in [5, 5.41) is 0. The highest BCUT2D eigenvalue weighted by atomic mass is 14.8. The fourth-order valence-corrected chi connectivity index (χ4v) is 6.32. The lowest BCUT2D eigenvalue weighted by molar-refractivity contribution is 0.299. The second-order valence-electron chi connectivity index (χ2n) is 11.9. The number of fused-ring (bicyclic) bond motifs is 4. The number of hydrogen-bond acceptors (Lipinski definition) is 2. The number of hydrogen-bond donors (Lipinski definition) is 0. The first-order chi connectivity index (χ1) is 19.4. The average molecular weight is 517 g/mol. The smallest absolute Gasteiger partial charge is 0.0973 e. The second kappa shape index (κ2) is 8.99. The van der Waals surface area contributed by atoms with Crippen molar-refractivity contribution in [3.63, 3.8) is 0 Å². The zero-order chi connectivity index (χ0) is 27.5. The Bertz CT molecular complexity index is 1880. The lowest BCUT2D eigenvalue weighted by Gasteiger charge is -2.48. The molecule has 0 atom stereocenters. The summed E-state index contributed by atoms with van der Waals surface area (Å²) in [5.41, 5.74) is 13.4. The molecular weight excluding hydrogens is 484 g/mol. The summed E-state index contributed by atoms with van der Waals surface area (Å²) >= 11 is 0. The number of nitrogens with zero attached hydrogens (tertiary/aromatic N) is 2. The van der Waals surface area contributed by atoms with Crippen LogP contribution in [0, 0.1) is 0 Å². The molecule has 1 aromatic heterocycles. The zero-order valence-corrected chi connectivity index (χ0v) is 23.4. The van der Waals surface area contributed by atoms with Crippen molar-refractivity contribution in [2.24, 2.45) is 0 Å². The SMILES string of the molecule is CC1(C)c2ccccc2-c2cc(-c3cccc4nc(-c5ccccc5)c(-c5ccccc5)nc34)ccc2C1(C)C. The summed E-state index contributed by atoms with van der Waals surface area (Å²) in [6.45, 7) is 9.50. The van der Waals surface area contributed by atoms with Gasteiger partial charge in [0.2, 0.25) is 0 Å². The highest BCUT2D eigenvalue weighted by Gasteiger charge is 2.45. The molecule has 6 aromatic rings. The van der Waals surface area contributed by atoms with E-state index in [4.69, 9.17) is 9.97 Å². The lowest BCUT2D eigenvalue weighted by Crippen LogP contribution is -2.43. The van der Waals surface area contributed by atoms with Crippen molar-refractivity contribution in [2.75, 3.05) is 0 Å². The van der Waals surface area contributed by atoms with Gasteiger partial charge in [-0.3, -0.25) is 0 Å². The molecule has 0 spiro atoms. The van der Waals surface area contributed by atoms with Gasteiger partial charge < -0.3 is 0 Å². The van der Waals surface area contributed by atoms with Crippen LogP contribution in [0.5, 0.6) is 0 Å². The second-order valence-corrected chi connectivity index (χ2v) is 11.9. The van der Waals surface area contributed by atoms with Crippen LogP contribution in [0.2, 0.25) is 0 Å². The Morgan fingerprint density at radius 2 is 0.975 bits per heavy atom. The quantitative estimate of drug-likeness (QED) is 0.234. The maximum absolute atomic E-state index is 5.34. The first-order valence-corrected chi connectivity index (χ1v) is 14.0. The van der Waals surface area contributed by atoms with Crippen molar-refractivity contribution in [1.82, 2.24) is 9.97 Å². The molecule has 5 aromatic carbocycles. The molecule has 2 heteroatoms. The minimum absolute atomic E-state index is 0.0150. The van der Waals surface area contributed by atoms with Gasteiger partial charge in [-0.25, -0.2) is 9.97 Å². The van der Waals surface area contributed by atoms with Gasteiger partial charge in [-0.2, -0.15) is 0 Å². The Morgan fingerprint density at radius 3 is 1.65 bits per heavy atom. The van der Waals surface area contributed by atoms with Crippen LogP contribution in [-0.2, 0) is 10.8 Å². The van der Waals surface area contributed by atoms with Gasteiger partial charge in [0.15, 0.2) is 0 Å². The van der Waals surface area contributed by atoms with E-state index < -0.39 is 0 Å². The highest BCUT2D eigenvalue weighted by molar-refractivity contribution is 5.96. The van der Waals surface area contributed by atoms with Gasteiger partial charge in [0.25, 0.3) is 0 Å². The molecule has 7 rings (SSSR count). The van der Waals surface area contributed by atoms with E-state index in [0.717, 1.165) is 44.7 Å². The van der Waals surface area contributed by atoms with Crippen molar-refractivity contribution in [2.45, 2.75) is 38.5 Å². The van der Waals surface area contributed by atoms with E-state index in [1.807, 2.05) is 12.1 Å². The Hall–Kier alpha value is -4.56. The monoisotopic (exact) mass is 516 g/mol. The van der Waals surface area contributed by atoms with Crippen LogP contribution < -0.4 is 0 Å². The predicted octanol–water partition coefficient (Wildman–Crippen LogP) is 9.87. The molecule has 1 aliphatic rings. The van der Waals surface area contributed by atoms with Crippen molar-refractivity contribution < 1.29 is 0 Å². The first-order valence-electron chi connectivity index (χ1n) is 14.0. The van der Waals surface area contributed by atoms with E-state index in [1.165, 1.54) is 22.3 Å². The predicted molar refractivity (Wildman–Crippen MR) is 167 cm³/mol. The van der Waals surface area contributed by atoms with Crippen molar-refractivity contribution in [1.29, 1.82) is 0 Å². The minimum atomic E-state index is -0.0150. The van der Waals surface area contributed by atoms with E-state index in [2.05, 4.69) is 137 Å². The first kappa shape index (κ1) is 24.5. The molecule has 0 N–H and O–H groups in total. The summed E-state index contributed by atoms with van der Waals surface area (Å²) in [5.74, 6) is 0. The van der Waals surface area contributed by atoms with E-state index >= 15 is 0 Å². The van der Waals surface area contributed by atoms with Crippen molar-refractivity contribution in [3.8, 4) is 44.8 Å². The lowest BCUT2D eigenvalue weighted by atomic mass is 9.55. The van der Waals surface area contributed by atoms with Gasteiger partial charge in [0.1, 0.15) is 0 Å². The normalized spacial score (nSPS) is 14.9. The maximum Gasteiger partial charge on any atom is 0.0973 e. The van der Waals surface area contributed by atoms with E-state index in [0.29, 0.717) is 0 Å². The third-order valence-electron chi connectivity index (χ3n) is 9.25. The van der Waals surface area contributed by atoms with Crippen LogP contribution in [0.3, 0.4) is 0 Å². The van der Waals surface area contributed by atoms with E-state index in [-0.39, 0.29) is 10.8 Å². The third-order valence-corrected chi connectivity index (χ3v) is 9.25. The molecule has 0 saturated heterocycles. The maximum atomic E-state index is 5.34. The molecular formula is C38H32N2. The fourth-order valence-electron chi connectivity index (χ4n) is 6.32. The van der Waals surface area contributed by atoms with Gasteiger partial charge in [-0.1, -0.05) is 137 Å². The van der Waals surface area contributed by atoms with Gasteiger partial charge in [-0.05, 0) is 50.8 Å². The number of rotatable bonds is 3. The molecule has 2 nitrogen and oxygen atoms in total. The number of aromatic nitrogens is 2. The molecule has 0 fully saturated rings. The summed E-state index contributed by atoms with van der Waals surface area (Å²) in [6.07, 6.45) is 0. The van der Waals surface area contributed by atoms with Crippen LogP contribution in [0.1, 0.15) is 38.8 Å². The summed E-state index contributed by atoms with van der Waals surface area (Å²) < 4.78 is 0. The Labute approximate surface area is 236 Å². The Morgan fingerprint density at radius 1 is 0.425 bits per heavy atom. The molecule has 0 unspecified atom stereocenters.